The Morgan fingerprint density at radius 3 is 2.00 bits per heavy atom. The van der Waals surface area contributed by atoms with Crippen molar-refractivity contribution >= 4 is 22.4 Å². The van der Waals surface area contributed by atoms with Crippen molar-refractivity contribution in [3.63, 3.8) is 0 Å². The van der Waals surface area contributed by atoms with Crippen molar-refractivity contribution in [2.75, 3.05) is 0 Å². The van der Waals surface area contributed by atoms with Crippen LogP contribution in [0.1, 0.15) is 70.0 Å². The van der Waals surface area contributed by atoms with Gasteiger partial charge < -0.3 is 15.3 Å². The second-order valence-corrected chi connectivity index (χ2v) is 6.49. The average molecular weight is 389 g/mol. The number of benzene rings is 1. The van der Waals surface area contributed by atoms with Crippen molar-refractivity contribution in [3.8, 4) is 0 Å². The summed E-state index contributed by atoms with van der Waals surface area (Å²) in [6, 6.07) is 7.48. The molecule has 0 radical (unpaired) electrons. The Balaban J connectivity index is 0.00000149. The highest BCUT2D eigenvalue weighted by Crippen LogP contribution is 2.22. The fraction of sp³-hybridized carbons (Fsp3) is 0.611. The third kappa shape index (κ3) is 11.3. The molecular formula is C18H29BrO4. The van der Waals surface area contributed by atoms with Gasteiger partial charge in [0.1, 0.15) is 6.10 Å². The molecule has 132 valence electrons. The van der Waals surface area contributed by atoms with E-state index >= 15 is 0 Å². The van der Waals surface area contributed by atoms with Crippen LogP contribution in [0, 0.1) is 0 Å². The van der Waals surface area contributed by atoms with Gasteiger partial charge in [-0.3, -0.25) is 4.79 Å². The number of aliphatic hydroxyl groups excluding tert-OH is 2. The highest BCUT2D eigenvalue weighted by molar-refractivity contribution is 9.10. The second kappa shape index (κ2) is 14.7. The molecule has 0 aliphatic carbocycles. The lowest BCUT2D eigenvalue weighted by molar-refractivity contribution is -0.122. The minimum atomic E-state index is -0.775. The Morgan fingerprint density at radius 2 is 1.48 bits per heavy atom. The molecule has 0 fully saturated rings. The zero-order valence-corrected chi connectivity index (χ0v) is 15.4. The Bertz CT molecular complexity index is 395. The highest BCUT2D eigenvalue weighted by atomic mass is 79.9. The number of hydrogen-bond donors (Lipinski definition) is 3. The molecule has 0 aromatic heterocycles. The topological polar surface area (TPSA) is 77.8 Å². The number of carboxylic acid groups (broad SMARTS) is 1. The highest BCUT2D eigenvalue weighted by Gasteiger charge is 2.17. The summed E-state index contributed by atoms with van der Waals surface area (Å²) in [6.07, 6.45) is 7.82. The second-order valence-electron chi connectivity index (χ2n) is 5.58. The van der Waals surface area contributed by atoms with E-state index in [1.54, 1.807) is 0 Å². The quantitative estimate of drug-likeness (QED) is 0.401. The molecule has 0 bridgehead atoms. The van der Waals surface area contributed by atoms with E-state index in [4.69, 9.17) is 9.90 Å². The van der Waals surface area contributed by atoms with Gasteiger partial charge in [0.05, 0.1) is 6.10 Å². The molecule has 0 heterocycles. The maximum atomic E-state index is 10.1. The molecule has 3 N–H and O–H groups in total. The molecule has 0 amide bonds. The molecule has 1 aromatic carbocycles. The largest absolute Gasteiger partial charge is 0.483 e. The molecule has 2 atom stereocenters. The Labute approximate surface area is 147 Å². The SMILES string of the molecule is CCCCCCCCCC(O)C(O)c1ccc(Br)cc1.O=CO. The zero-order chi connectivity index (χ0) is 17.5. The monoisotopic (exact) mass is 388 g/mol. The molecule has 0 saturated heterocycles. The van der Waals surface area contributed by atoms with Crippen LogP contribution in [0.3, 0.4) is 0 Å². The van der Waals surface area contributed by atoms with Gasteiger partial charge in [0.15, 0.2) is 0 Å². The van der Waals surface area contributed by atoms with E-state index in [1.807, 2.05) is 24.3 Å². The number of hydrogen-bond acceptors (Lipinski definition) is 3. The van der Waals surface area contributed by atoms with Crippen molar-refractivity contribution in [3.05, 3.63) is 34.3 Å². The van der Waals surface area contributed by atoms with Gasteiger partial charge in [-0.1, -0.05) is 79.9 Å². The van der Waals surface area contributed by atoms with Crippen LogP contribution < -0.4 is 0 Å². The lowest BCUT2D eigenvalue weighted by atomic mass is 9.99. The van der Waals surface area contributed by atoms with Crippen LogP contribution in [0.25, 0.3) is 0 Å². The summed E-state index contributed by atoms with van der Waals surface area (Å²) in [5, 5.41) is 27.0. The number of carbonyl (C=O) groups is 1. The average Bonchev–Trinajstić information content (AvgIpc) is 2.54. The van der Waals surface area contributed by atoms with Crippen molar-refractivity contribution in [1.82, 2.24) is 0 Å². The summed E-state index contributed by atoms with van der Waals surface area (Å²) < 4.78 is 0.981. The van der Waals surface area contributed by atoms with Gasteiger partial charge in [0, 0.05) is 4.47 Å². The fourth-order valence-corrected chi connectivity index (χ4v) is 2.61. The summed E-state index contributed by atoms with van der Waals surface area (Å²) >= 11 is 3.36. The van der Waals surface area contributed by atoms with E-state index in [1.165, 1.54) is 32.1 Å². The number of aliphatic hydroxyl groups is 2. The van der Waals surface area contributed by atoms with E-state index in [2.05, 4.69) is 22.9 Å². The van der Waals surface area contributed by atoms with Crippen LogP contribution in [-0.2, 0) is 4.79 Å². The number of unbranched alkanes of at least 4 members (excludes halogenated alkanes) is 6. The van der Waals surface area contributed by atoms with E-state index in [9.17, 15) is 10.2 Å². The van der Waals surface area contributed by atoms with Crippen LogP contribution >= 0.6 is 15.9 Å². The van der Waals surface area contributed by atoms with Gasteiger partial charge in [-0.25, -0.2) is 0 Å². The summed E-state index contributed by atoms with van der Waals surface area (Å²) in [6.45, 7) is 1.97. The van der Waals surface area contributed by atoms with Gasteiger partial charge in [0.25, 0.3) is 6.47 Å². The minimum absolute atomic E-state index is 0.250. The first kappa shape index (κ1) is 22.1. The summed E-state index contributed by atoms with van der Waals surface area (Å²) in [4.78, 5) is 8.36. The maximum absolute atomic E-state index is 10.1. The molecule has 0 spiro atoms. The first-order valence-electron chi connectivity index (χ1n) is 8.26. The van der Waals surface area contributed by atoms with Gasteiger partial charge >= 0.3 is 0 Å². The fourth-order valence-electron chi connectivity index (χ4n) is 2.35. The van der Waals surface area contributed by atoms with Crippen LogP contribution in [0.5, 0.6) is 0 Å². The van der Waals surface area contributed by atoms with E-state index in [0.717, 1.165) is 22.9 Å². The summed E-state index contributed by atoms with van der Waals surface area (Å²) in [5.74, 6) is 0. The smallest absolute Gasteiger partial charge is 0.290 e. The first-order chi connectivity index (χ1) is 11.1. The predicted octanol–water partition coefficient (Wildman–Crippen LogP) is 4.68. The standard InChI is InChI=1S/C17H27BrO2.CH2O2/c1-2-3-4-5-6-7-8-9-16(19)17(20)14-10-12-15(18)13-11-14;2-1-3/h10-13,16-17,19-20H,2-9H2,1H3;1H,(H,2,3). The van der Waals surface area contributed by atoms with Crippen molar-refractivity contribution in [1.29, 1.82) is 0 Å². The van der Waals surface area contributed by atoms with Gasteiger partial charge in [0.2, 0.25) is 0 Å². The normalized spacial score (nSPS) is 12.9. The third-order valence-corrected chi connectivity index (χ3v) is 4.21. The Hall–Kier alpha value is -0.910. The van der Waals surface area contributed by atoms with Gasteiger partial charge in [-0.2, -0.15) is 0 Å². The van der Waals surface area contributed by atoms with Gasteiger partial charge in [-0.15, -0.1) is 0 Å². The molecular weight excluding hydrogens is 360 g/mol. The maximum Gasteiger partial charge on any atom is 0.290 e. The summed E-state index contributed by atoms with van der Waals surface area (Å²) in [7, 11) is 0. The molecule has 2 unspecified atom stereocenters. The van der Waals surface area contributed by atoms with Crippen LogP contribution in [0.15, 0.2) is 28.7 Å². The van der Waals surface area contributed by atoms with E-state index in [-0.39, 0.29) is 6.47 Å². The molecule has 5 heteroatoms. The molecule has 0 saturated carbocycles. The molecule has 1 aromatic rings. The molecule has 0 aliphatic rings. The molecule has 23 heavy (non-hydrogen) atoms. The van der Waals surface area contributed by atoms with E-state index in [0.29, 0.717) is 6.42 Å². The lowest BCUT2D eigenvalue weighted by Crippen LogP contribution is -2.18. The third-order valence-electron chi connectivity index (χ3n) is 3.68. The number of halogens is 1. The van der Waals surface area contributed by atoms with Gasteiger partial charge in [-0.05, 0) is 24.1 Å². The molecule has 4 nitrogen and oxygen atoms in total. The summed E-state index contributed by atoms with van der Waals surface area (Å²) in [5.41, 5.74) is 0.781. The molecule has 0 aliphatic heterocycles. The van der Waals surface area contributed by atoms with Crippen molar-refractivity contribution in [2.45, 2.75) is 70.5 Å². The van der Waals surface area contributed by atoms with E-state index < -0.39 is 12.2 Å². The lowest BCUT2D eigenvalue weighted by Gasteiger charge is -2.18. The van der Waals surface area contributed by atoms with Crippen LogP contribution in [0.4, 0.5) is 0 Å². The van der Waals surface area contributed by atoms with Crippen LogP contribution in [-0.4, -0.2) is 27.9 Å². The van der Waals surface area contributed by atoms with Crippen molar-refractivity contribution < 1.29 is 20.1 Å². The Morgan fingerprint density at radius 1 is 1.00 bits per heavy atom. The minimum Gasteiger partial charge on any atom is -0.483 e. The molecule has 1 rings (SSSR count). The number of rotatable bonds is 10. The zero-order valence-electron chi connectivity index (χ0n) is 13.8. The Kier molecular flexibility index (Phi) is 14.1. The van der Waals surface area contributed by atoms with Crippen molar-refractivity contribution in [2.24, 2.45) is 0 Å². The van der Waals surface area contributed by atoms with Crippen LogP contribution in [0.2, 0.25) is 0 Å². The first-order valence-corrected chi connectivity index (χ1v) is 9.05. The predicted molar refractivity (Wildman–Crippen MR) is 96.4 cm³/mol.